The highest BCUT2D eigenvalue weighted by Crippen LogP contribution is 2.34. The molecule has 0 atom stereocenters. The molecular formula is C14H24N2. The maximum atomic E-state index is 3.62. The first-order valence-corrected chi connectivity index (χ1v) is 6.51. The zero-order chi connectivity index (χ0) is 11.4. The van der Waals surface area contributed by atoms with Crippen molar-refractivity contribution in [3.05, 3.63) is 24.0 Å². The van der Waals surface area contributed by atoms with Crippen LogP contribution in [0.2, 0.25) is 0 Å². The third-order valence-electron chi connectivity index (χ3n) is 3.97. The molecule has 0 aromatic carbocycles. The van der Waals surface area contributed by atoms with Crippen LogP contribution in [0.25, 0.3) is 0 Å². The summed E-state index contributed by atoms with van der Waals surface area (Å²) in [5.41, 5.74) is 1.92. The lowest BCUT2D eigenvalue weighted by Crippen LogP contribution is -2.33. The van der Waals surface area contributed by atoms with Gasteiger partial charge in [0.25, 0.3) is 0 Å². The molecule has 1 aromatic rings. The van der Waals surface area contributed by atoms with Crippen LogP contribution in [0.1, 0.15) is 44.7 Å². The average Bonchev–Trinajstić information content (AvgIpc) is 2.65. The van der Waals surface area contributed by atoms with E-state index in [1.165, 1.54) is 37.8 Å². The van der Waals surface area contributed by atoms with Crippen LogP contribution < -0.4 is 5.32 Å². The van der Waals surface area contributed by atoms with Gasteiger partial charge in [-0.2, -0.15) is 0 Å². The minimum absolute atomic E-state index is 0.545. The maximum absolute atomic E-state index is 3.62. The van der Waals surface area contributed by atoms with Gasteiger partial charge in [0.15, 0.2) is 0 Å². The van der Waals surface area contributed by atoms with Crippen LogP contribution in [0.15, 0.2) is 18.3 Å². The van der Waals surface area contributed by atoms with Crippen molar-refractivity contribution in [1.29, 1.82) is 0 Å². The van der Waals surface area contributed by atoms with E-state index in [0.29, 0.717) is 5.41 Å². The fourth-order valence-electron chi connectivity index (χ4n) is 2.75. The van der Waals surface area contributed by atoms with E-state index in [-0.39, 0.29) is 0 Å². The Balaban J connectivity index is 1.77. The topological polar surface area (TPSA) is 17.0 Å². The zero-order valence-corrected chi connectivity index (χ0v) is 10.6. The monoisotopic (exact) mass is 220 g/mol. The molecule has 0 amide bonds. The quantitative estimate of drug-likeness (QED) is 0.825. The summed E-state index contributed by atoms with van der Waals surface area (Å²) in [6.07, 6.45) is 9.18. The van der Waals surface area contributed by atoms with Crippen LogP contribution >= 0.6 is 0 Å². The van der Waals surface area contributed by atoms with E-state index in [1.807, 2.05) is 0 Å². The molecular weight excluding hydrogens is 196 g/mol. The Kier molecular flexibility index (Phi) is 3.70. The summed E-state index contributed by atoms with van der Waals surface area (Å²) in [7, 11) is 2.11. The van der Waals surface area contributed by atoms with Crippen molar-refractivity contribution in [2.24, 2.45) is 12.5 Å². The number of nitrogens with one attached hydrogen (secondary N) is 1. The van der Waals surface area contributed by atoms with E-state index < -0.39 is 0 Å². The van der Waals surface area contributed by atoms with E-state index in [0.717, 1.165) is 13.1 Å². The van der Waals surface area contributed by atoms with Gasteiger partial charge in [-0.1, -0.05) is 26.2 Å². The molecule has 0 aliphatic heterocycles. The molecule has 0 bridgehead atoms. The maximum Gasteiger partial charge on any atom is 0.0359 e. The standard InChI is InChI=1S/C14H24N2/c1-14(8-4-3-5-9-14)12-15-11-13-7-6-10-16(13)2/h6-7,10,15H,3-5,8-9,11-12H2,1-2H3. The van der Waals surface area contributed by atoms with Gasteiger partial charge in [-0.3, -0.25) is 0 Å². The molecule has 1 heterocycles. The molecule has 16 heavy (non-hydrogen) atoms. The van der Waals surface area contributed by atoms with Gasteiger partial charge >= 0.3 is 0 Å². The normalized spacial score (nSPS) is 19.9. The fraction of sp³-hybridized carbons (Fsp3) is 0.714. The first-order valence-electron chi connectivity index (χ1n) is 6.51. The zero-order valence-electron chi connectivity index (χ0n) is 10.6. The number of nitrogens with zero attached hydrogens (tertiary/aromatic N) is 1. The van der Waals surface area contributed by atoms with Gasteiger partial charge in [0, 0.05) is 32.0 Å². The second-order valence-electron chi connectivity index (χ2n) is 5.59. The summed E-state index contributed by atoms with van der Waals surface area (Å²) in [6, 6.07) is 4.30. The molecule has 1 saturated carbocycles. The lowest BCUT2D eigenvalue weighted by Gasteiger charge is -2.33. The number of aryl methyl sites for hydroxylation is 1. The molecule has 90 valence electrons. The summed E-state index contributed by atoms with van der Waals surface area (Å²) in [5, 5.41) is 3.62. The van der Waals surface area contributed by atoms with Crippen molar-refractivity contribution in [2.45, 2.75) is 45.6 Å². The summed E-state index contributed by atoms with van der Waals surface area (Å²) < 4.78 is 2.19. The van der Waals surface area contributed by atoms with Gasteiger partial charge in [-0.15, -0.1) is 0 Å². The highest BCUT2D eigenvalue weighted by Gasteiger charge is 2.25. The summed E-state index contributed by atoms with van der Waals surface area (Å²) in [6.45, 7) is 4.60. The first-order chi connectivity index (χ1) is 7.70. The average molecular weight is 220 g/mol. The Morgan fingerprint density at radius 2 is 2.06 bits per heavy atom. The van der Waals surface area contributed by atoms with E-state index in [2.05, 4.69) is 42.2 Å². The van der Waals surface area contributed by atoms with Gasteiger partial charge in [0.05, 0.1) is 0 Å². The van der Waals surface area contributed by atoms with Crippen LogP contribution in [0.4, 0.5) is 0 Å². The van der Waals surface area contributed by atoms with E-state index in [1.54, 1.807) is 0 Å². The van der Waals surface area contributed by atoms with Crippen LogP contribution in [0, 0.1) is 5.41 Å². The lowest BCUT2D eigenvalue weighted by molar-refractivity contribution is 0.207. The molecule has 0 radical (unpaired) electrons. The van der Waals surface area contributed by atoms with Crippen molar-refractivity contribution in [3.8, 4) is 0 Å². The minimum Gasteiger partial charge on any atom is -0.353 e. The summed E-state index contributed by atoms with van der Waals surface area (Å²) >= 11 is 0. The lowest BCUT2D eigenvalue weighted by atomic mass is 9.76. The number of hydrogen-bond donors (Lipinski definition) is 1. The van der Waals surface area contributed by atoms with Crippen molar-refractivity contribution in [1.82, 2.24) is 9.88 Å². The largest absolute Gasteiger partial charge is 0.353 e. The molecule has 0 saturated heterocycles. The van der Waals surface area contributed by atoms with Gasteiger partial charge < -0.3 is 9.88 Å². The fourth-order valence-corrected chi connectivity index (χ4v) is 2.75. The van der Waals surface area contributed by atoms with Crippen molar-refractivity contribution < 1.29 is 0 Å². The second kappa shape index (κ2) is 5.05. The molecule has 1 N–H and O–H groups in total. The summed E-state index contributed by atoms with van der Waals surface area (Å²) in [5.74, 6) is 0. The molecule has 1 fully saturated rings. The third-order valence-corrected chi connectivity index (χ3v) is 3.97. The van der Waals surface area contributed by atoms with Gasteiger partial charge in [-0.25, -0.2) is 0 Å². The van der Waals surface area contributed by atoms with Gasteiger partial charge in [0.2, 0.25) is 0 Å². The highest BCUT2D eigenvalue weighted by atomic mass is 15.0. The van der Waals surface area contributed by atoms with Gasteiger partial charge in [-0.05, 0) is 30.4 Å². The van der Waals surface area contributed by atoms with Crippen LogP contribution in [0.3, 0.4) is 0 Å². The minimum atomic E-state index is 0.545. The Morgan fingerprint density at radius 3 is 2.69 bits per heavy atom. The van der Waals surface area contributed by atoms with Crippen LogP contribution in [0.5, 0.6) is 0 Å². The molecule has 2 heteroatoms. The van der Waals surface area contributed by atoms with E-state index in [9.17, 15) is 0 Å². The molecule has 0 unspecified atom stereocenters. The first kappa shape index (κ1) is 11.7. The Bertz CT molecular complexity index is 321. The predicted molar refractivity (Wildman–Crippen MR) is 68.3 cm³/mol. The third kappa shape index (κ3) is 2.88. The Morgan fingerprint density at radius 1 is 1.31 bits per heavy atom. The molecule has 0 spiro atoms. The van der Waals surface area contributed by atoms with E-state index in [4.69, 9.17) is 0 Å². The molecule has 1 aliphatic carbocycles. The predicted octanol–water partition coefficient (Wildman–Crippen LogP) is 3.09. The smallest absolute Gasteiger partial charge is 0.0359 e. The second-order valence-corrected chi connectivity index (χ2v) is 5.59. The number of hydrogen-bond acceptors (Lipinski definition) is 1. The molecule has 2 rings (SSSR count). The SMILES string of the molecule is Cn1cccc1CNCC1(C)CCCCC1. The number of aromatic nitrogens is 1. The molecule has 1 aromatic heterocycles. The van der Waals surface area contributed by atoms with Crippen molar-refractivity contribution in [3.63, 3.8) is 0 Å². The summed E-state index contributed by atoms with van der Waals surface area (Å²) in [4.78, 5) is 0. The number of rotatable bonds is 4. The van der Waals surface area contributed by atoms with E-state index >= 15 is 0 Å². The molecule has 1 aliphatic rings. The van der Waals surface area contributed by atoms with Crippen LogP contribution in [-0.2, 0) is 13.6 Å². The van der Waals surface area contributed by atoms with Crippen molar-refractivity contribution in [2.75, 3.05) is 6.54 Å². The van der Waals surface area contributed by atoms with Crippen molar-refractivity contribution >= 4 is 0 Å². The molecule has 2 nitrogen and oxygen atoms in total. The van der Waals surface area contributed by atoms with Crippen LogP contribution in [-0.4, -0.2) is 11.1 Å². The van der Waals surface area contributed by atoms with Gasteiger partial charge in [0.1, 0.15) is 0 Å². The Labute approximate surface area is 99.0 Å². The Hall–Kier alpha value is -0.760. The highest BCUT2D eigenvalue weighted by molar-refractivity contribution is 5.06.